The molecule has 2 aromatic heterocycles. The quantitative estimate of drug-likeness (QED) is 0.339. The average Bonchev–Trinajstić information content (AvgIpc) is 3.24. The molecule has 4 rings (SSSR count). The minimum absolute atomic E-state index is 0.471. The zero-order chi connectivity index (χ0) is 23.5. The first-order valence-electron chi connectivity index (χ1n) is 10.8. The molecule has 0 aliphatic rings. The first-order chi connectivity index (χ1) is 15.8. The minimum atomic E-state index is 0.471. The van der Waals surface area contributed by atoms with Crippen LogP contribution in [0.25, 0.3) is 0 Å². The van der Waals surface area contributed by atoms with Gasteiger partial charge in [0.15, 0.2) is 10.9 Å². The van der Waals surface area contributed by atoms with Gasteiger partial charge in [-0.1, -0.05) is 54.1 Å². The maximum atomic E-state index is 6.30. The highest BCUT2D eigenvalue weighted by Crippen LogP contribution is 2.22. The summed E-state index contributed by atoms with van der Waals surface area (Å²) in [6.45, 7) is 9.46. The van der Waals surface area contributed by atoms with Crippen LogP contribution in [0.1, 0.15) is 33.8 Å². The van der Waals surface area contributed by atoms with Crippen LogP contribution in [-0.4, -0.2) is 24.7 Å². The number of aryl methyl sites for hydroxylation is 3. The number of anilines is 2. The minimum Gasteiger partial charge on any atom is -0.329 e. The van der Waals surface area contributed by atoms with Crippen molar-refractivity contribution in [3.63, 3.8) is 0 Å². The SMILES string of the molecule is Cc1ccccc1Cn1nc(C)c(NC(=S)Nc2cc(C)n(Cc3ccccc3Cl)n2)c1C. The van der Waals surface area contributed by atoms with Gasteiger partial charge in [0.25, 0.3) is 0 Å². The summed E-state index contributed by atoms with van der Waals surface area (Å²) in [5, 5.41) is 17.1. The topological polar surface area (TPSA) is 59.7 Å². The number of thiocarbonyl (C=S) groups is 1. The molecule has 2 heterocycles. The largest absolute Gasteiger partial charge is 0.329 e. The summed E-state index contributed by atoms with van der Waals surface area (Å²) in [6, 6.07) is 18.1. The standard InChI is InChI=1S/C25H27ClN6S/c1-16-9-5-6-10-20(16)14-32-19(4)24(18(3)29-32)28-25(33)27-23-13-17(2)31(30-23)15-21-11-7-8-12-22(21)26/h5-13H,14-15H2,1-4H3,(H2,27,28,30,33). The molecule has 0 aliphatic heterocycles. The van der Waals surface area contributed by atoms with Crippen LogP contribution < -0.4 is 10.6 Å². The molecule has 2 N–H and O–H groups in total. The van der Waals surface area contributed by atoms with Crippen molar-refractivity contribution in [2.45, 2.75) is 40.8 Å². The third-order valence-corrected chi connectivity index (χ3v) is 6.27. The van der Waals surface area contributed by atoms with E-state index in [0.29, 0.717) is 24.0 Å². The van der Waals surface area contributed by atoms with Crippen LogP contribution in [0, 0.1) is 27.7 Å². The van der Waals surface area contributed by atoms with Gasteiger partial charge in [-0.05, 0) is 62.7 Å². The van der Waals surface area contributed by atoms with Crippen molar-refractivity contribution in [2.75, 3.05) is 10.6 Å². The van der Waals surface area contributed by atoms with E-state index in [9.17, 15) is 0 Å². The molecule has 170 valence electrons. The molecule has 0 amide bonds. The molecule has 0 radical (unpaired) electrons. The first-order valence-corrected chi connectivity index (χ1v) is 11.5. The fourth-order valence-corrected chi connectivity index (χ4v) is 4.16. The molecule has 0 spiro atoms. The number of hydrogen-bond acceptors (Lipinski definition) is 3. The van der Waals surface area contributed by atoms with E-state index in [1.54, 1.807) is 0 Å². The molecule has 0 saturated heterocycles. The van der Waals surface area contributed by atoms with Crippen molar-refractivity contribution < 1.29 is 0 Å². The summed E-state index contributed by atoms with van der Waals surface area (Å²) < 4.78 is 3.91. The van der Waals surface area contributed by atoms with Gasteiger partial charge in [0, 0.05) is 16.8 Å². The summed E-state index contributed by atoms with van der Waals surface area (Å²) >= 11 is 11.9. The first kappa shape index (κ1) is 23.0. The molecule has 2 aromatic carbocycles. The van der Waals surface area contributed by atoms with Gasteiger partial charge in [0.1, 0.15) is 0 Å². The molecule has 0 atom stereocenters. The molecule has 0 aliphatic carbocycles. The Hall–Kier alpha value is -3.16. The van der Waals surface area contributed by atoms with Crippen LogP contribution in [0.15, 0.2) is 54.6 Å². The monoisotopic (exact) mass is 478 g/mol. The normalized spacial score (nSPS) is 10.9. The Labute approximate surface area is 204 Å². The second-order valence-electron chi connectivity index (χ2n) is 8.13. The molecule has 0 fully saturated rings. The lowest BCUT2D eigenvalue weighted by molar-refractivity contribution is 0.657. The molecule has 0 bridgehead atoms. The van der Waals surface area contributed by atoms with Crippen molar-refractivity contribution in [1.82, 2.24) is 19.6 Å². The lowest BCUT2D eigenvalue weighted by Crippen LogP contribution is -2.20. The van der Waals surface area contributed by atoms with Crippen LogP contribution in [0.4, 0.5) is 11.5 Å². The molecule has 33 heavy (non-hydrogen) atoms. The van der Waals surface area contributed by atoms with Crippen LogP contribution in [0.5, 0.6) is 0 Å². The van der Waals surface area contributed by atoms with E-state index in [0.717, 1.165) is 33.4 Å². The van der Waals surface area contributed by atoms with Crippen molar-refractivity contribution >= 4 is 40.4 Å². The Bertz CT molecular complexity index is 1310. The number of nitrogens with one attached hydrogen (secondary N) is 2. The van der Waals surface area contributed by atoms with Crippen molar-refractivity contribution in [3.05, 3.63) is 93.4 Å². The van der Waals surface area contributed by atoms with Gasteiger partial charge in [-0.15, -0.1) is 0 Å². The van der Waals surface area contributed by atoms with Gasteiger partial charge >= 0.3 is 0 Å². The molecule has 6 nitrogen and oxygen atoms in total. The van der Waals surface area contributed by atoms with Gasteiger partial charge in [-0.3, -0.25) is 9.36 Å². The Morgan fingerprint density at radius 2 is 1.55 bits per heavy atom. The van der Waals surface area contributed by atoms with Crippen LogP contribution in [-0.2, 0) is 13.1 Å². The van der Waals surface area contributed by atoms with Gasteiger partial charge in [-0.25, -0.2) is 0 Å². The lowest BCUT2D eigenvalue weighted by Gasteiger charge is -2.11. The number of halogens is 1. The summed E-state index contributed by atoms with van der Waals surface area (Å²) in [7, 11) is 0. The van der Waals surface area contributed by atoms with Crippen LogP contribution in [0.2, 0.25) is 5.02 Å². The fourth-order valence-electron chi connectivity index (χ4n) is 3.76. The zero-order valence-electron chi connectivity index (χ0n) is 19.2. The molecular formula is C25H27ClN6S. The predicted octanol–water partition coefficient (Wildman–Crippen LogP) is 5.87. The number of hydrogen-bond donors (Lipinski definition) is 2. The average molecular weight is 479 g/mol. The van der Waals surface area contributed by atoms with E-state index in [1.807, 2.05) is 60.5 Å². The van der Waals surface area contributed by atoms with Crippen molar-refractivity contribution in [3.8, 4) is 0 Å². The fraction of sp³-hybridized carbons (Fsp3) is 0.240. The van der Waals surface area contributed by atoms with E-state index >= 15 is 0 Å². The number of benzene rings is 2. The molecule has 8 heteroatoms. The number of aromatic nitrogens is 4. The molecule has 0 unspecified atom stereocenters. The summed E-state index contributed by atoms with van der Waals surface area (Å²) in [5.74, 6) is 0.680. The molecular weight excluding hydrogens is 452 g/mol. The van der Waals surface area contributed by atoms with E-state index < -0.39 is 0 Å². The summed E-state index contributed by atoms with van der Waals surface area (Å²) in [6.07, 6.45) is 0. The van der Waals surface area contributed by atoms with Gasteiger partial charge in [-0.2, -0.15) is 10.2 Å². The zero-order valence-corrected chi connectivity index (χ0v) is 20.8. The molecule has 4 aromatic rings. The second-order valence-corrected chi connectivity index (χ2v) is 8.94. The Balaban J connectivity index is 1.45. The Morgan fingerprint density at radius 1 is 0.879 bits per heavy atom. The van der Waals surface area contributed by atoms with E-state index in [-0.39, 0.29) is 0 Å². The highest BCUT2D eigenvalue weighted by atomic mass is 35.5. The second kappa shape index (κ2) is 9.77. The number of nitrogens with zero attached hydrogens (tertiary/aromatic N) is 4. The maximum Gasteiger partial charge on any atom is 0.176 e. The molecule has 0 saturated carbocycles. The smallest absolute Gasteiger partial charge is 0.176 e. The summed E-state index contributed by atoms with van der Waals surface area (Å²) in [5.41, 5.74) is 7.36. The van der Waals surface area contributed by atoms with Crippen molar-refractivity contribution in [2.24, 2.45) is 0 Å². The Morgan fingerprint density at radius 3 is 2.27 bits per heavy atom. The summed E-state index contributed by atoms with van der Waals surface area (Å²) in [4.78, 5) is 0. The van der Waals surface area contributed by atoms with Crippen LogP contribution >= 0.6 is 23.8 Å². The maximum absolute atomic E-state index is 6.30. The predicted molar refractivity (Wildman–Crippen MR) is 139 cm³/mol. The van der Waals surface area contributed by atoms with Gasteiger partial charge < -0.3 is 10.6 Å². The lowest BCUT2D eigenvalue weighted by atomic mass is 10.1. The number of rotatable bonds is 6. The van der Waals surface area contributed by atoms with Gasteiger partial charge in [0.2, 0.25) is 0 Å². The Kier molecular flexibility index (Phi) is 6.81. The van der Waals surface area contributed by atoms with E-state index in [1.165, 1.54) is 11.1 Å². The van der Waals surface area contributed by atoms with Crippen molar-refractivity contribution in [1.29, 1.82) is 0 Å². The third-order valence-electron chi connectivity index (χ3n) is 5.70. The van der Waals surface area contributed by atoms with Gasteiger partial charge in [0.05, 0.1) is 30.2 Å². The van der Waals surface area contributed by atoms with Crippen LogP contribution in [0.3, 0.4) is 0 Å². The highest BCUT2D eigenvalue weighted by molar-refractivity contribution is 7.80. The van der Waals surface area contributed by atoms with E-state index in [4.69, 9.17) is 28.9 Å². The third kappa shape index (κ3) is 5.26. The highest BCUT2D eigenvalue weighted by Gasteiger charge is 2.15. The van der Waals surface area contributed by atoms with E-state index in [2.05, 4.69) is 46.9 Å².